The second-order valence-corrected chi connectivity index (χ2v) is 6.38. The molecule has 6 nitrogen and oxygen atoms in total. The van der Waals surface area contributed by atoms with Crippen molar-refractivity contribution in [1.29, 1.82) is 0 Å². The molecule has 0 aromatic heterocycles. The van der Waals surface area contributed by atoms with Crippen molar-refractivity contribution in [2.75, 3.05) is 7.11 Å². The Hall–Kier alpha value is -1.30. The van der Waals surface area contributed by atoms with Gasteiger partial charge in [0.15, 0.2) is 0 Å². The van der Waals surface area contributed by atoms with Crippen LogP contribution in [-0.2, 0) is 14.3 Å². The van der Waals surface area contributed by atoms with Gasteiger partial charge in [-0.15, -0.1) is 0 Å². The molecule has 0 aromatic rings. The number of aliphatic hydroxyl groups is 1. The molecule has 2 saturated carbocycles. The van der Waals surface area contributed by atoms with E-state index in [4.69, 9.17) is 4.74 Å². The lowest BCUT2D eigenvalue weighted by Gasteiger charge is -2.26. The van der Waals surface area contributed by atoms with Gasteiger partial charge in [-0.3, -0.25) is 4.79 Å². The van der Waals surface area contributed by atoms with Crippen molar-refractivity contribution in [1.82, 2.24) is 5.32 Å². The van der Waals surface area contributed by atoms with Crippen molar-refractivity contribution in [2.45, 2.75) is 50.9 Å². The fourth-order valence-corrected chi connectivity index (χ4v) is 2.90. The van der Waals surface area contributed by atoms with Crippen LogP contribution in [0.3, 0.4) is 0 Å². The molecule has 2 aliphatic carbocycles. The Balaban J connectivity index is 1.99. The third-order valence-electron chi connectivity index (χ3n) is 3.84. The minimum Gasteiger partial charge on any atom is -0.469 e. The van der Waals surface area contributed by atoms with Gasteiger partial charge in [-0.05, 0) is 39.5 Å². The highest BCUT2D eigenvalue weighted by molar-refractivity contribution is 5.76. The van der Waals surface area contributed by atoms with E-state index < -0.39 is 35.2 Å². The molecule has 2 aliphatic rings. The molecule has 6 heteroatoms. The summed E-state index contributed by atoms with van der Waals surface area (Å²) in [6.07, 6.45) is -0.234. The van der Waals surface area contributed by atoms with Gasteiger partial charge in [0.05, 0.1) is 24.7 Å². The smallest absolute Gasteiger partial charge is 0.408 e. The average Bonchev–Trinajstić information content (AvgIpc) is 2.88. The monoisotopic (exact) mass is 271 g/mol. The van der Waals surface area contributed by atoms with E-state index in [0.717, 1.165) is 0 Å². The molecule has 2 N–H and O–H groups in total. The van der Waals surface area contributed by atoms with Gasteiger partial charge < -0.3 is 19.9 Å². The van der Waals surface area contributed by atoms with Crippen LogP contribution in [0.1, 0.15) is 33.6 Å². The maximum absolute atomic E-state index is 11.8. The van der Waals surface area contributed by atoms with Gasteiger partial charge in [0.25, 0.3) is 0 Å². The lowest BCUT2D eigenvalue weighted by molar-refractivity contribution is -0.149. The summed E-state index contributed by atoms with van der Waals surface area (Å²) in [7, 11) is 1.30. The average molecular weight is 271 g/mol. The molecule has 108 valence electrons. The van der Waals surface area contributed by atoms with Crippen LogP contribution < -0.4 is 5.32 Å². The van der Waals surface area contributed by atoms with Crippen LogP contribution in [0, 0.1) is 11.8 Å². The number of rotatable bonds is 2. The van der Waals surface area contributed by atoms with Crippen molar-refractivity contribution < 1.29 is 24.2 Å². The van der Waals surface area contributed by atoms with Gasteiger partial charge in [-0.25, -0.2) is 4.79 Å². The summed E-state index contributed by atoms with van der Waals surface area (Å²) in [6.45, 7) is 5.32. The second-order valence-electron chi connectivity index (χ2n) is 6.38. The Labute approximate surface area is 112 Å². The van der Waals surface area contributed by atoms with Gasteiger partial charge in [0.1, 0.15) is 5.60 Å². The predicted molar refractivity (Wildman–Crippen MR) is 66.3 cm³/mol. The number of fused-ring (bicyclic) bond motifs is 1. The topological polar surface area (TPSA) is 84.9 Å². The highest BCUT2D eigenvalue weighted by atomic mass is 16.6. The molecular weight excluding hydrogens is 250 g/mol. The molecule has 19 heavy (non-hydrogen) atoms. The van der Waals surface area contributed by atoms with Crippen molar-refractivity contribution >= 4 is 12.1 Å². The lowest BCUT2D eigenvalue weighted by atomic mass is 9.99. The van der Waals surface area contributed by atoms with Crippen LogP contribution in [0.4, 0.5) is 4.79 Å². The maximum atomic E-state index is 11.8. The molecule has 2 rings (SSSR count). The zero-order valence-corrected chi connectivity index (χ0v) is 11.7. The zero-order valence-electron chi connectivity index (χ0n) is 11.7. The third-order valence-corrected chi connectivity index (χ3v) is 3.84. The van der Waals surface area contributed by atoms with E-state index in [1.807, 2.05) is 0 Å². The molecule has 1 amide bonds. The minimum atomic E-state index is -0.905. The van der Waals surface area contributed by atoms with Crippen LogP contribution in [-0.4, -0.2) is 41.5 Å². The Bertz CT molecular complexity index is 402. The number of hydrogen-bond donors (Lipinski definition) is 2. The lowest BCUT2D eigenvalue weighted by Crippen LogP contribution is -2.49. The number of methoxy groups -OCH3 is 1. The second kappa shape index (κ2) is 4.37. The molecule has 0 spiro atoms. The van der Waals surface area contributed by atoms with Crippen molar-refractivity contribution in [3.8, 4) is 0 Å². The van der Waals surface area contributed by atoms with Crippen LogP contribution in [0.2, 0.25) is 0 Å². The minimum absolute atomic E-state index is 0.124. The Morgan fingerprint density at radius 3 is 2.53 bits per heavy atom. The van der Waals surface area contributed by atoms with E-state index in [1.165, 1.54) is 7.11 Å². The number of hydrogen-bond acceptors (Lipinski definition) is 5. The van der Waals surface area contributed by atoms with Gasteiger partial charge >= 0.3 is 12.1 Å². The zero-order chi connectivity index (χ0) is 14.4. The van der Waals surface area contributed by atoms with Crippen molar-refractivity contribution in [2.24, 2.45) is 11.8 Å². The van der Waals surface area contributed by atoms with Crippen LogP contribution >= 0.6 is 0 Å². The predicted octanol–water partition coefficient (Wildman–Crippen LogP) is 0.824. The van der Waals surface area contributed by atoms with E-state index in [-0.39, 0.29) is 5.92 Å². The number of aliphatic hydroxyl groups excluding tert-OH is 1. The molecule has 2 fully saturated rings. The molecule has 0 radical (unpaired) electrons. The summed E-state index contributed by atoms with van der Waals surface area (Å²) in [6, 6.07) is 0. The summed E-state index contributed by atoms with van der Waals surface area (Å²) >= 11 is 0. The number of nitrogens with one attached hydrogen (secondary N) is 1. The molecule has 2 unspecified atom stereocenters. The molecule has 0 heterocycles. The summed E-state index contributed by atoms with van der Waals surface area (Å²) in [5, 5.41) is 13.0. The highest BCUT2D eigenvalue weighted by Gasteiger charge is 2.69. The Kier molecular flexibility index (Phi) is 3.24. The Morgan fingerprint density at radius 2 is 2.00 bits per heavy atom. The summed E-state index contributed by atoms with van der Waals surface area (Å²) in [4.78, 5) is 23.3. The number of alkyl carbamates (subject to hydrolysis) is 1. The summed E-state index contributed by atoms with van der Waals surface area (Å²) in [5.74, 6) is -0.858. The van der Waals surface area contributed by atoms with E-state index in [0.29, 0.717) is 12.8 Å². The SMILES string of the molecule is COC(=O)C1C[C@H]2C[C@@]2(NC(=O)OC(C)(C)C)C1O. The molecule has 4 atom stereocenters. The van der Waals surface area contributed by atoms with Crippen LogP contribution in [0.5, 0.6) is 0 Å². The molecular formula is C13H21NO5. The fraction of sp³-hybridized carbons (Fsp3) is 0.846. The maximum Gasteiger partial charge on any atom is 0.408 e. The number of ether oxygens (including phenoxy) is 2. The summed E-state index contributed by atoms with van der Waals surface area (Å²) in [5.41, 5.74) is -1.29. The first-order valence-corrected chi connectivity index (χ1v) is 6.46. The van der Waals surface area contributed by atoms with E-state index in [2.05, 4.69) is 10.1 Å². The third kappa shape index (κ3) is 2.54. The summed E-state index contributed by atoms with van der Waals surface area (Å²) < 4.78 is 9.85. The quantitative estimate of drug-likeness (QED) is 0.726. The fourth-order valence-electron chi connectivity index (χ4n) is 2.90. The molecule has 0 bridgehead atoms. The Morgan fingerprint density at radius 1 is 1.37 bits per heavy atom. The largest absolute Gasteiger partial charge is 0.469 e. The van der Waals surface area contributed by atoms with Crippen LogP contribution in [0.25, 0.3) is 0 Å². The molecule has 0 aromatic carbocycles. The number of carbonyl (C=O) groups excluding carboxylic acids is 2. The standard InChI is InChI=1S/C13H21NO5/c1-12(2,3)19-11(17)14-13-6-7(13)5-8(9(13)15)10(16)18-4/h7-9,15H,5-6H2,1-4H3,(H,14,17)/t7-,8?,9?,13-/m0/s1. The van der Waals surface area contributed by atoms with Gasteiger partial charge in [0, 0.05) is 0 Å². The number of esters is 1. The van der Waals surface area contributed by atoms with Gasteiger partial charge in [-0.2, -0.15) is 0 Å². The van der Waals surface area contributed by atoms with Crippen molar-refractivity contribution in [3.63, 3.8) is 0 Å². The first-order valence-electron chi connectivity index (χ1n) is 6.46. The number of carbonyl (C=O) groups is 2. The van der Waals surface area contributed by atoms with Crippen molar-refractivity contribution in [3.05, 3.63) is 0 Å². The van der Waals surface area contributed by atoms with E-state index in [9.17, 15) is 14.7 Å². The van der Waals surface area contributed by atoms with Gasteiger partial charge in [-0.1, -0.05) is 0 Å². The van der Waals surface area contributed by atoms with E-state index in [1.54, 1.807) is 20.8 Å². The van der Waals surface area contributed by atoms with Crippen LogP contribution in [0.15, 0.2) is 0 Å². The van der Waals surface area contributed by atoms with E-state index >= 15 is 0 Å². The van der Waals surface area contributed by atoms with Gasteiger partial charge in [0.2, 0.25) is 0 Å². The first-order chi connectivity index (χ1) is 8.69. The first kappa shape index (κ1) is 14.1. The molecule has 0 aliphatic heterocycles. The molecule has 0 saturated heterocycles. The number of amides is 1. The highest BCUT2D eigenvalue weighted by Crippen LogP contribution is 2.58. The normalized spacial score (nSPS) is 36.4.